The molecule has 0 aliphatic rings. The van der Waals surface area contributed by atoms with Gasteiger partial charge in [-0.05, 0) is 32.4 Å². The van der Waals surface area contributed by atoms with E-state index in [0.29, 0.717) is 28.6 Å². The fourth-order valence-electron chi connectivity index (χ4n) is 2.24. The molecule has 0 bridgehead atoms. The van der Waals surface area contributed by atoms with Crippen LogP contribution in [0.2, 0.25) is 5.02 Å². The first-order valence-corrected chi connectivity index (χ1v) is 6.95. The van der Waals surface area contributed by atoms with Gasteiger partial charge in [0.2, 0.25) is 0 Å². The molecule has 0 spiro atoms. The number of aryl methyl sites for hydroxylation is 3. The molecule has 21 heavy (non-hydrogen) atoms. The van der Waals surface area contributed by atoms with Gasteiger partial charge in [-0.25, -0.2) is 4.68 Å². The van der Waals surface area contributed by atoms with Gasteiger partial charge in [0.15, 0.2) is 5.75 Å². The zero-order chi connectivity index (χ0) is 15.7. The number of ether oxygens (including phenoxy) is 1. The van der Waals surface area contributed by atoms with E-state index in [4.69, 9.17) is 16.3 Å². The van der Waals surface area contributed by atoms with Crippen LogP contribution in [0.3, 0.4) is 0 Å². The van der Waals surface area contributed by atoms with Gasteiger partial charge in [0, 0.05) is 14.0 Å². The van der Waals surface area contributed by atoms with Gasteiger partial charge in [-0.15, -0.1) is 0 Å². The van der Waals surface area contributed by atoms with Gasteiger partial charge in [0.05, 0.1) is 17.2 Å². The summed E-state index contributed by atoms with van der Waals surface area (Å²) < 4.78 is 6.78. The van der Waals surface area contributed by atoms with Crippen molar-refractivity contribution in [3.63, 3.8) is 0 Å². The molecule has 0 aliphatic heterocycles. The third kappa shape index (κ3) is 2.61. The van der Waals surface area contributed by atoms with E-state index < -0.39 is 5.56 Å². The number of hydrogen-bond acceptors (Lipinski definition) is 4. The smallest absolute Gasteiger partial charge is 0.278 e. The molecule has 2 aromatic rings. The highest BCUT2D eigenvalue weighted by atomic mass is 35.5. The van der Waals surface area contributed by atoms with Crippen molar-refractivity contribution in [3.8, 4) is 22.6 Å². The molecular formula is C15H19ClN2O3. The summed E-state index contributed by atoms with van der Waals surface area (Å²) in [5.41, 5.74) is 1.43. The van der Waals surface area contributed by atoms with Crippen LogP contribution in [-0.2, 0) is 7.05 Å². The number of hydrogen-bond donors (Lipinski definition) is 1. The number of nitrogens with zero attached hydrogens (tertiary/aromatic N) is 2. The molecule has 1 aromatic heterocycles. The molecule has 0 saturated carbocycles. The van der Waals surface area contributed by atoms with E-state index >= 15 is 0 Å². The molecule has 0 fully saturated rings. The summed E-state index contributed by atoms with van der Waals surface area (Å²) in [4.78, 5) is 12.4. The molecule has 5 nitrogen and oxygen atoms in total. The molecule has 1 N–H and O–H groups in total. The van der Waals surface area contributed by atoms with Crippen molar-refractivity contribution < 1.29 is 11.3 Å². The van der Waals surface area contributed by atoms with E-state index in [9.17, 15) is 9.90 Å². The highest BCUT2D eigenvalue weighted by Gasteiger charge is 2.22. The van der Waals surface area contributed by atoms with E-state index in [2.05, 4.69) is 5.10 Å². The van der Waals surface area contributed by atoms with Crippen LogP contribution in [0.4, 0.5) is 0 Å². The molecular weight excluding hydrogens is 292 g/mol. The van der Waals surface area contributed by atoms with Crippen LogP contribution in [0.1, 0.15) is 19.6 Å². The van der Waals surface area contributed by atoms with Crippen molar-refractivity contribution >= 4 is 11.6 Å². The lowest BCUT2D eigenvalue weighted by Crippen LogP contribution is -2.22. The fraction of sp³-hybridized carbons (Fsp3) is 0.333. The maximum Gasteiger partial charge on any atom is 0.278 e. The van der Waals surface area contributed by atoms with Gasteiger partial charge in [-0.1, -0.05) is 17.7 Å². The van der Waals surface area contributed by atoms with Crippen molar-refractivity contribution in [3.05, 3.63) is 38.8 Å². The number of rotatable bonds is 3. The predicted molar refractivity (Wildman–Crippen MR) is 84.3 cm³/mol. The highest BCUT2D eigenvalue weighted by Crippen LogP contribution is 2.41. The molecule has 114 valence electrons. The van der Waals surface area contributed by atoms with Gasteiger partial charge >= 0.3 is 0 Å². The third-order valence-electron chi connectivity index (χ3n) is 3.24. The van der Waals surface area contributed by atoms with Crippen LogP contribution in [0, 0.1) is 13.8 Å². The highest BCUT2D eigenvalue weighted by molar-refractivity contribution is 6.32. The summed E-state index contributed by atoms with van der Waals surface area (Å²) in [6.07, 6.45) is 0. The Morgan fingerprint density at radius 1 is 1.38 bits per heavy atom. The average molecular weight is 312 g/mol. The van der Waals surface area contributed by atoms with Gasteiger partial charge < -0.3 is 9.84 Å². The lowest BCUT2D eigenvalue weighted by molar-refractivity contribution is 0.341. The van der Waals surface area contributed by atoms with Crippen LogP contribution >= 0.6 is 11.6 Å². The van der Waals surface area contributed by atoms with E-state index in [1.54, 1.807) is 26.1 Å². The molecule has 1 heterocycles. The first-order valence-electron chi connectivity index (χ1n) is 6.57. The minimum atomic E-state index is -0.399. The Kier molecular flexibility index (Phi) is 4.23. The second-order valence-electron chi connectivity index (χ2n) is 4.74. The third-order valence-corrected chi connectivity index (χ3v) is 3.54. The Hall–Kier alpha value is -2.01. The van der Waals surface area contributed by atoms with Crippen molar-refractivity contribution in [1.82, 2.24) is 9.78 Å². The fourth-order valence-corrected chi connectivity index (χ4v) is 2.45. The van der Waals surface area contributed by atoms with Gasteiger partial charge in [0.25, 0.3) is 5.56 Å². The largest absolute Gasteiger partial charge is 0.505 e. The number of aromatic nitrogens is 2. The van der Waals surface area contributed by atoms with Crippen molar-refractivity contribution in [2.45, 2.75) is 20.8 Å². The number of aromatic hydroxyl groups is 1. The first-order chi connectivity index (χ1) is 9.88. The Balaban J connectivity index is 0.00000242. The topological polar surface area (TPSA) is 64.3 Å². The Bertz CT molecular complexity index is 759. The average Bonchev–Trinajstić information content (AvgIpc) is 2.44. The molecule has 0 atom stereocenters. The minimum Gasteiger partial charge on any atom is -0.505 e. The molecule has 0 aliphatic carbocycles. The van der Waals surface area contributed by atoms with E-state index in [1.807, 2.05) is 13.8 Å². The molecule has 0 radical (unpaired) electrons. The molecule has 2 rings (SSSR count). The van der Waals surface area contributed by atoms with Gasteiger partial charge in [-0.3, -0.25) is 4.79 Å². The first kappa shape index (κ1) is 15.4. The minimum absolute atomic E-state index is 0. The van der Waals surface area contributed by atoms with Crippen LogP contribution < -0.4 is 10.3 Å². The molecule has 0 unspecified atom stereocenters. The number of benzene rings is 1. The molecule has 0 amide bonds. The Morgan fingerprint density at radius 2 is 2.05 bits per heavy atom. The second-order valence-corrected chi connectivity index (χ2v) is 5.15. The zero-order valence-corrected chi connectivity index (χ0v) is 13.2. The van der Waals surface area contributed by atoms with Crippen LogP contribution in [-0.4, -0.2) is 21.5 Å². The predicted octanol–water partition coefficient (Wildman–Crippen LogP) is 3.07. The summed E-state index contributed by atoms with van der Waals surface area (Å²) in [5.74, 6) is 0.251. The van der Waals surface area contributed by atoms with Crippen LogP contribution in [0.25, 0.3) is 11.1 Å². The van der Waals surface area contributed by atoms with Crippen molar-refractivity contribution in [2.75, 3.05) is 6.61 Å². The maximum absolute atomic E-state index is 12.4. The van der Waals surface area contributed by atoms with E-state index in [-0.39, 0.29) is 12.7 Å². The van der Waals surface area contributed by atoms with E-state index in [1.165, 1.54) is 4.68 Å². The van der Waals surface area contributed by atoms with Crippen LogP contribution in [0.15, 0.2) is 16.9 Å². The molecule has 6 heteroatoms. The monoisotopic (exact) mass is 311 g/mol. The van der Waals surface area contributed by atoms with E-state index in [0.717, 1.165) is 5.56 Å². The second kappa shape index (κ2) is 5.77. The Morgan fingerprint density at radius 3 is 2.67 bits per heavy atom. The summed E-state index contributed by atoms with van der Waals surface area (Å²) in [6, 6.07) is 3.50. The molecule has 1 aromatic carbocycles. The normalized spacial score (nSPS) is 10.7. The number of halogens is 1. The maximum atomic E-state index is 12.4. The van der Waals surface area contributed by atoms with Crippen molar-refractivity contribution in [1.29, 1.82) is 0 Å². The molecule has 0 saturated heterocycles. The van der Waals surface area contributed by atoms with Crippen molar-refractivity contribution in [2.24, 2.45) is 7.05 Å². The quantitative estimate of drug-likeness (QED) is 0.946. The summed E-state index contributed by atoms with van der Waals surface area (Å²) >= 11 is 6.18. The lowest BCUT2D eigenvalue weighted by atomic mass is 9.99. The SMILES string of the molecule is CCOc1c(Cl)ccc(C)c1-c1c(O)c(C)nn(C)c1=O.[2HH]. The Labute approximate surface area is 129 Å². The summed E-state index contributed by atoms with van der Waals surface area (Å²) in [6.45, 7) is 5.71. The van der Waals surface area contributed by atoms with Gasteiger partial charge in [-0.2, -0.15) is 5.10 Å². The lowest BCUT2D eigenvalue weighted by Gasteiger charge is -2.16. The van der Waals surface area contributed by atoms with Crippen LogP contribution in [0.5, 0.6) is 11.5 Å². The summed E-state index contributed by atoms with van der Waals surface area (Å²) in [5, 5.41) is 14.7. The zero-order valence-electron chi connectivity index (χ0n) is 12.4. The standard InChI is InChI=1S/C15H17ClN2O3.H2/c1-5-21-14-10(16)7-6-8(2)11(14)12-13(19)9(3)17-18(4)15(12)20;/h6-7,19H,5H2,1-4H3;1H/i;1+1. The van der Waals surface area contributed by atoms with Gasteiger partial charge in [0.1, 0.15) is 11.4 Å². The summed E-state index contributed by atoms with van der Waals surface area (Å²) in [7, 11) is 1.54.